The van der Waals surface area contributed by atoms with Gasteiger partial charge in [0.05, 0.1) is 55.3 Å². The van der Waals surface area contributed by atoms with Gasteiger partial charge in [-0.25, -0.2) is 19.6 Å². The van der Waals surface area contributed by atoms with Gasteiger partial charge in [-0.05, 0) is 84.7 Å². The lowest BCUT2D eigenvalue weighted by atomic mass is 9.80. The van der Waals surface area contributed by atoms with Gasteiger partial charge in [-0.3, -0.25) is 9.59 Å². The number of ether oxygens (including phenoxy) is 4. The number of aromatic amines is 2. The molecule has 4 amide bonds. The van der Waals surface area contributed by atoms with Crippen molar-refractivity contribution in [2.24, 2.45) is 17.3 Å². The molecule has 5 atom stereocenters. The van der Waals surface area contributed by atoms with Crippen molar-refractivity contribution in [3.05, 3.63) is 65.9 Å². The van der Waals surface area contributed by atoms with Crippen molar-refractivity contribution in [2.45, 2.75) is 90.6 Å². The molecule has 2 aromatic heterocycles. The summed E-state index contributed by atoms with van der Waals surface area (Å²) >= 11 is 0. The molecular formula is C47H56N8O8. The van der Waals surface area contributed by atoms with E-state index in [0.717, 1.165) is 81.3 Å². The predicted molar refractivity (Wildman–Crippen MR) is 235 cm³/mol. The van der Waals surface area contributed by atoms with E-state index in [1.54, 1.807) is 0 Å². The zero-order valence-corrected chi connectivity index (χ0v) is 36.7. The SMILES string of the molecule is COC(=O)N[C@H](C(=O)N1CCC[C@H]1c1nc2c([nH]1)COc1cc(-c3ccc4c(ccc5[nH]c([C@@H]6C[C@@]7(CCCOC7)CN6C(=O)[C@@H](NC(=O)OC)C(C)C)nc54)c3)ccc1-2)C(C)C. The zero-order valence-electron chi connectivity index (χ0n) is 36.7. The summed E-state index contributed by atoms with van der Waals surface area (Å²) in [5, 5.41) is 7.49. The molecule has 5 aromatic rings. The molecule has 0 aliphatic carbocycles. The molecule has 16 heteroatoms. The minimum Gasteiger partial charge on any atom is -0.487 e. The smallest absolute Gasteiger partial charge is 0.407 e. The molecule has 4 N–H and O–H groups in total. The number of amides is 4. The number of nitrogens with one attached hydrogen (secondary N) is 4. The second-order valence-electron chi connectivity index (χ2n) is 18.2. The standard InChI is InChI=1S/C47H56N8O8/c1-25(2)37(52-45(58)60-5)43(56)54-17-7-9-34(54)41-49-33-22-63-36-20-28(11-14-31(36)40(33)51-41)27-10-13-30-29(19-27)12-15-32-39(30)50-42(48-32)35-21-47(16-8-18-62-24-47)23-55(35)44(57)38(26(3)4)53-46(59)61-6/h10-15,19-20,25-26,34-35,37-38H,7-9,16-18,21-24H2,1-6H3,(H,48,50)(H,49,51)(H,52,58)(H,53,59)/t34-,35-,37-,38-,47-/m0/s1. The molecule has 0 unspecified atom stereocenters. The molecule has 4 aliphatic heterocycles. The lowest BCUT2D eigenvalue weighted by Gasteiger charge is -2.33. The molecule has 332 valence electrons. The maximum atomic E-state index is 14.3. The lowest BCUT2D eigenvalue weighted by Crippen LogP contribution is -2.51. The summed E-state index contributed by atoms with van der Waals surface area (Å²) in [6, 6.07) is 14.6. The van der Waals surface area contributed by atoms with Crippen LogP contribution in [0, 0.1) is 17.3 Å². The van der Waals surface area contributed by atoms with Crippen LogP contribution >= 0.6 is 0 Å². The van der Waals surface area contributed by atoms with Crippen molar-refractivity contribution in [1.82, 2.24) is 40.4 Å². The fraction of sp³-hybridized carbons (Fsp3) is 0.489. The Balaban J connectivity index is 0.973. The second kappa shape index (κ2) is 16.8. The van der Waals surface area contributed by atoms with E-state index in [1.807, 2.05) is 55.7 Å². The fourth-order valence-corrected chi connectivity index (χ4v) is 10.0. The first-order valence-electron chi connectivity index (χ1n) is 22.0. The Hall–Kier alpha value is -6.16. The van der Waals surface area contributed by atoms with Crippen LogP contribution in [0.15, 0.2) is 48.5 Å². The van der Waals surface area contributed by atoms with Crippen LogP contribution in [0.2, 0.25) is 0 Å². The number of methoxy groups -OCH3 is 2. The molecule has 9 rings (SSSR count). The molecule has 3 aromatic carbocycles. The Labute approximate surface area is 365 Å². The average molecular weight is 861 g/mol. The highest BCUT2D eigenvalue weighted by atomic mass is 16.5. The van der Waals surface area contributed by atoms with Crippen LogP contribution in [0.1, 0.15) is 89.2 Å². The average Bonchev–Trinajstić information content (AvgIpc) is 4.11. The van der Waals surface area contributed by atoms with E-state index >= 15 is 0 Å². The predicted octanol–water partition coefficient (Wildman–Crippen LogP) is 7.16. The van der Waals surface area contributed by atoms with Crippen molar-refractivity contribution in [3.63, 3.8) is 0 Å². The molecular weight excluding hydrogens is 805 g/mol. The van der Waals surface area contributed by atoms with E-state index in [1.165, 1.54) is 14.2 Å². The first-order valence-corrected chi connectivity index (χ1v) is 22.0. The molecule has 6 heterocycles. The van der Waals surface area contributed by atoms with Crippen LogP contribution < -0.4 is 15.4 Å². The van der Waals surface area contributed by atoms with Crippen LogP contribution in [0.25, 0.3) is 44.2 Å². The summed E-state index contributed by atoms with van der Waals surface area (Å²) < 4.78 is 22.0. The van der Waals surface area contributed by atoms with E-state index in [0.29, 0.717) is 51.0 Å². The number of hydrogen-bond acceptors (Lipinski definition) is 10. The van der Waals surface area contributed by atoms with Crippen LogP contribution in [-0.2, 0) is 30.4 Å². The Kier molecular flexibility index (Phi) is 11.3. The Morgan fingerprint density at radius 3 is 2.22 bits per heavy atom. The molecule has 3 saturated heterocycles. The number of benzene rings is 3. The topological polar surface area (TPSA) is 193 Å². The number of rotatable bonds is 9. The van der Waals surface area contributed by atoms with E-state index in [4.69, 9.17) is 28.9 Å². The highest BCUT2D eigenvalue weighted by Crippen LogP contribution is 2.48. The van der Waals surface area contributed by atoms with E-state index in [9.17, 15) is 19.2 Å². The van der Waals surface area contributed by atoms with Crippen molar-refractivity contribution in [3.8, 4) is 28.1 Å². The number of imidazole rings is 2. The Morgan fingerprint density at radius 2 is 1.52 bits per heavy atom. The monoisotopic (exact) mass is 860 g/mol. The molecule has 16 nitrogen and oxygen atoms in total. The number of nitrogens with zero attached hydrogens (tertiary/aromatic N) is 4. The summed E-state index contributed by atoms with van der Waals surface area (Å²) in [6.07, 6.45) is 2.90. The number of hydrogen-bond donors (Lipinski definition) is 4. The molecule has 0 bridgehead atoms. The largest absolute Gasteiger partial charge is 0.487 e. The van der Waals surface area contributed by atoms with Gasteiger partial charge in [0, 0.05) is 36.1 Å². The van der Waals surface area contributed by atoms with Crippen molar-refractivity contribution in [2.75, 3.05) is 40.5 Å². The van der Waals surface area contributed by atoms with Gasteiger partial charge in [0.2, 0.25) is 11.8 Å². The molecule has 63 heavy (non-hydrogen) atoms. The summed E-state index contributed by atoms with van der Waals surface area (Å²) in [5.74, 6) is 1.56. The third-order valence-corrected chi connectivity index (χ3v) is 13.4. The van der Waals surface area contributed by atoms with E-state index in [2.05, 4.69) is 50.9 Å². The van der Waals surface area contributed by atoms with Gasteiger partial charge in [0.25, 0.3) is 0 Å². The van der Waals surface area contributed by atoms with Gasteiger partial charge in [0.15, 0.2) is 0 Å². The summed E-state index contributed by atoms with van der Waals surface area (Å²) in [7, 11) is 2.59. The molecule has 1 spiro atoms. The number of aromatic nitrogens is 4. The van der Waals surface area contributed by atoms with Gasteiger partial charge < -0.3 is 49.3 Å². The number of fused-ring (bicyclic) bond motifs is 6. The third kappa shape index (κ3) is 7.82. The maximum absolute atomic E-state index is 14.3. The van der Waals surface area contributed by atoms with Crippen LogP contribution in [0.4, 0.5) is 9.59 Å². The van der Waals surface area contributed by atoms with Gasteiger partial charge in [-0.2, -0.15) is 0 Å². The molecule has 0 saturated carbocycles. The Morgan fingerprint density at radius 1 is 0.825 bits per heavy atom. The van der Waals surface area contributed by atoms with Crippen LogP contribution in [0.3, 0.4) is 0 Å². The van der Waals surface area contributed by atoms with Crippen molar-refractivity contribution in [1.29, 1.82) is 0 Å². The first-order chi connectivity index (χ1) is 30.4. The Bertz CT molecular complexity index is 2580. The number of alkyl carbamates (subject to hydrolysis) is 2. The normalized spacial score (nSPS) is 21.7. The fourth-order valence-electron chi connectivity index (χ4n) is 10.0. The van der Waals surface area contributed by atoms with Crippen LogP contribution in [-0.4, -0.2) is 106 Å². The lowest BCUT2D eigenvalue weighted by molar-refractivity contribution is -0.136. The number of carbonyl (C=O) groups is 4. The minimum atomic E-state index is -0.752. The molecule has 0 radical (unpaired) electrons. The number of H-pyrrole nitrogens is 2. The molecule has 3 fully saturated rings. The molecule has 4 aliphatic rings. The van der Waals surface area contributed by atoms with Gasteiger partial charge >= 0.3 is 12.2 Å². The van der Waals surface area contributed by atoms with Gasteiger partial charge in [-0.1, -0.05) is 52.0 Å². The summed E-state index contributed by atoms with van der Waals surface area (Å²) in [5.41, 5.74) is 6.06. The number of carbonyl (C=O) groups excluding carboxylic acids is 4. The minimum absolute atomic E-state index is 0.126. The summed E-state index contributed by atoms with van der Waals surface area (Å²) in [6.45, 7) is 10.3. The van der Waals surface area contributed by atoms with Gasteiger partial charge in [0.1, 0.15) is 36.1 Å². The number of likely N-dealkylation sites (tertiary alicyclic amines) is 2. The van der Waals surface area contributed by atoms with Crippen molar-refractivity contribution < 1.29 is 38.1 Å². The zero-order chi connectivity index (χ0) is 44.2. The maximum Gasteiger partial charge on any atom is 0.407 e. The second-order valence-corrected chi connectivity index (χ2v) is 18.2. The quantitative estimate of drug-likeness (QED) is 0.118. The highest BCUT2D eigenvalue weighted by Gasteiger charge is 2.50. The van der Waals surface area contributed by atoms with E-state index in [-0.39, 0.29) is 41.1 Å². The first kappa shape index (κ1) is 42.2. The van der Waals surface area contributed by atoms with Gasteiger partial charge in [-0.15, -0.1) is 0 Å². The highest BCUT2D eigenvalue weighted by molar-refractivity contribution is 6.05. The third-order valence-electron chi connectivity index (χ3n) is 13.4. The van der Waals surface area contributed by atoms with Crippen molar-refractivity contribution >= 4 is 45.8 Å². The summed E-state index contributed by atoms with van der Waals surface area (Å²) in [4.78, 5) is 73.4. The van der Waals surface area contributed by atoms with Crippen LogP contribution in [0.5, 0.6) is 5.75 Å². The van der Waals surface area contributed by atoms with E-state index < -0.39 is 24.3 Å².